The summed E-state index contributed by atoms with van der Waals surface area (Å²) >= 11 is 5.89. The summed E-state index contributed by atoms with van der Waals surface area (Å²) in [7, 11) is -2.97. The van der Waals surface area contributed by atoms with Gasteiger partial charge in [-0.2, -0.15) is 0 Å². The van der Waals surface area contributed by atoms with Crippen molar-refractivity contribution in [1.29, 1.82) is 0 Å². The van der Waals surface area contributed by atoms with Gasteiger partial charge in [-0.05, 0) is 49.3 Å². The fraction of sp³-hybridized carbons (Fsp3) is 0.600. The number of nitrogens with two attached hydrogens (primary N) is 1. The van der Waals surface area contributed by atoms with E-state index in [0.29, 0.717) is 17.4 Å². The van der Waals surface area contributed by atoms with E-state index < -0.39 is 9.84 Å². The zero-order valence-electron chi connectivity index (χ0n) is 12.3. The SMILES string of the molecule is CS(=O)(=O)C1CCCC(C(Cc2ccc(Cl)cc2)NN)C1. The molecule has 0 bridgehead atoms. The van der Waals surface area contributed by atoms with E-state index in [0.717, 1.165) is 31.2 Å². The van der Waals surface area contributed by atoms with Crippen LogP contribution >= 0.6 is 11.6 Å². The molecule has 1 aliphatic rings. The highest BCUT2D eigenvalue weighted by Crippen LogP contribution is 2.31. The average Bonchev–Trinajstić information content (AvgIpc) is 2.46. The van der Waals surface area contributed by atoms with Crippen LogP contribution in [0.15, 0.2) is 24.3 Å². The second kappa shape index (κ2) is 7.09. The van der Waals surface area contributed by atoms with Crippen LogP contribution in [0.2, 0.25) is 5.02 Å². The van der Waals surface area contributed by atoms with Gasteiger partial charge < -0.3 is 0 Å². The molecule has 1 aromatic rings. The summed E-state index contributed by atoms with van der Waals surface area (Å²) in [4.78, 5) is 0. The number of hydrogen-bond donors (Lipinski definition) is 2. The summed E-state index contributed by atoms with van der Waals surface area (Å²) in [6.07, 6.45) is 5.56. The Labute approximate surface area is 131 Å². The summed E-state index contributed by atoms with van der Waals surface area (Å²) < 4.78 is 23.5. The predicted molar refractivity (Wildman–Crippen MR) is 86.9 cm³/mol. The number of rotatable bonds is 5. The van der Waals surface area contributed by atoms with E-state index in [1.165, 1.54) is 6.26 Å². The maximum atomic E-state index is 11.8. The molecule has 0 amide bonds. The highest BCUT2D eigenvalue weighted by Gasteiger charge is 2.32. The fourth-order valence-electron chi connectivity index (χ4n) is 3.17. The molecule has 0 spiro atoms. The third-order valence-corrected chi connectivity index (χ3v) is 6.32. The molecule has 0 aromatic heterocycles. The zero-order chi connectivity index (χ0) is 15.5. The first-order valence-electron chi connectivity index (χ1n) is 7.29. The van der Waals surface area contributed by atoms with E-state index in [4.69, 9.17) is 17.4 Å². The van der Waals surface area contributed by atoms with E-state index in [9.17, 15) is 8.42 Å². The van der Waals surface area contributed by atoms with Gasteiger partial charge in [0, 0.05) is 17.3 Å². The molecule has 0 aliphatic heterocycles. The number of sulfone groups is 1. The van der Waals surface area contributed by atoms with Crippen LogP contribution in [0.5, 0.6) is 0 Å². The third kappa shape index (κ3) is 4.68. The maximum absolute atomic E-state index is 11.8. The summed E-state index contributed by atoms with van der Waals surface area (Å²) in [6.45, 7) is 0. The van der Waals surface area contributed by atoms with Crippen molar-refractivity contribution in [1.82, 2.24) is 5.43 Å². The van der Waals surface area contributed by atoms with Gasteiger partial charge in [-0.25, -0.2) is 8.42 Å². The maximum Gasteiger partial charge on any atom is 0.150 e. The normalized spacial score (nSPS) is 24.7. The van der Waals surface area contributed by atoms with E-state index in [1.54, 1.807) is 0 Å². The second-order valence-electron chi connectivity index (χ2n) is 5.98. The van der Waals surface area contributed by atoms with Crippen LogP contribution in [0.1, 0.15) is 31.2 Å². The minimum Gasteiger partial charge on any atom is -0.271 e. The zero-order valence-corrected chi connectivity index (χ0v) is 13.8. The number of hydrogen-bond acceptors (Lipinski definition) is 4. The van der Waals surface area contributed by atoms with E-state index in [2.05, 4.69) is 5.43 Å². The summed E-state index contributed by atoms with van der Waals surface area (Å²) in [5.74, 6) is 6.00. The van der Waals surface area contributed by atoms with Crippen molar-refractivity contribution in [3.8, 4) is 0 Å². The lowest BCUT2D eigenvalue weighted by Crippen LogP contribution is -2.45. The van der Waals surface area contributed by atoms with Crippen LogP contribution < -0.4 is 11.3 Å². The summed E-state index contributed by atoms with van der Waals surface area (Å²) in [6, 6.07) is 7.80. The lowest BCUT2D eigenvalue weighted by atomic mass is 9.81. The molecule has 1 saturated carbocycles. The molecule has 3 N–H and O–H groups in total. The first-order valence-corrected chi connectivity index (χ1v) is 9.63. The smallest absolute Gasteiger partial charge is 0.150 e. The van der Waals surface area contributed by atoms with Gasteiger partial charge in [-0.15, -0.1) is 0 Å². The Morgan fingerprint density at radius 1 is 1.33 bits per heavy atom. The van der Waals surface area contributed by atoms with Crippen molar-refractivity contribution < 1.29 is 8.42 Å². The molecule has 3 atom stereocenters. The first-order chi connectivity index (χ1) is 9.90. The Kier molecular flexibility index (Phi) is 5.66. The number of benzene rings is 1. The van der Waals surface area contributed by atoms with Gasteiger partial charge >= 0.3 is 0 Å². The molecule has 2 rings (SSSR count). The number of hydrazine groups is 1. The van der Waals surface area contributed by atoms with Crippen LogP contribution in [0.25, 0.3) is 0 Å². The largest absolute Gasteiger partial charge is 0.271 e. The molecule has 0 heterocycles. The third-order valence-electron chi connectivity index (χ3n) is 4.42. The molecule has 1 aromatic carbocycles. The molecule has 0 radical (unpaired) electrons. The van der Waals surface area contributed by atoms with E-state index in [1.807, 2.05) is 24.3 Å². The Balaban J connectivity index is 2.04. The monoisotopic (exact) mass is 330 g/mol. The van der Waals surface area contributed by atoms with Crippen molar-refractivity contribution >= 4 is 21.4 Å². The fourth-order valence-corrected chi connectivity index (χ4v) is 4.49. The van der Waals surface area contributed by atoms with Gasteiger partial charge in [0.05, 0.1) is 5.25 Å². The molecule has 0 saturated heterocycles. The van der Waals surface area contributed by atoms with Crippen LogP contribution in [-0.2, 0) is 16.3 Å². The Morgan fingerprint density at radius 2 is 2.00 bits per heavy atom. The predicted octanol–water partition coefficient (Wildman–Crippen LogP) is 2.32. The van der Waals surface area contributed by atoms with Crippen molar-refractivity contribution in [3.05, 3.63) is 34.9 Å². The lowest BCUT2D eigenvalue weighted by molar-refractivity contribution is 0.270. The highest BCUT2D eigenvalue weighted by molar-refractivity contribution is 7.91. The molecule has 6 heteroatoms. The van der Waals surface area contributed by atoms with Crippen LogP contribution in [-0.4, -0.2) is 26.0 Å². The molecule has 118 valence electrons. The highest BCUT2D eigenvalue weighted by atomic mass is 35.5. The van der Waals surface area contributed by atoms with Gasteiger partial charge in [-0.1, -0.05) is 30.2 Å². The molecular formula is C15H23ClN2O2S. The molecule has 1 aliphatic carbocycles. The standard InChI is InChI=1S/C15H23ClN2O2S/c1-21(19,20)14-4-2-3-12(10-14)15(18-17)9-11-5-7-13(16)8-6-11/h5-8,12,14-15,18H,2-4,9-10,17H2,1H3. The molecule has 1 fully saturated rings. The van der Waals surface area contributed by atoms with Gasteiger partial charge in [-0.3, -0.25) is 11.3 Å². The van der Waals surface area contributed by atoms with Crippen LogP contribution in [0.3, 0.4) is 0 Å². The molecule has 21 heavy (non-hydrogen) atoms. The van der Waals surface area contributed by atoms with Gasteiger partial charge in [0.2, 0.25) is 0 Å². The van der Waals surface area contributed by atoms with Gasteiger partial charge in [0.25, 0.3) is 0 Å². The van der Waals surface area contributed by atoms with Crippen LogP contribution in [0, 0.1) is 5.92 Å². The summed E-state index contributed by atoms with van der Waals surface area (Å²) in [5.41, 5.74) is 4.04. The van der Waals surface area contributed by atoms with Crippen molar-refractivity contribution in [2.45, 2.75) is 43.4 Å². The number of halogens is 1. The Morgan fingerprint density at radius 3 is 2.57 bits per heavy atom. The molecule has 4 nitrogen and oxygen atoms in total. The average molecular weight is 331 g/mol. The Hall–Kier alpha value is -0.620. The minimum atomic E-state index is -2.97. The topological polar surface area (TPSA) is 72.2 Å². The molecule has 3 unspecified atom stereocenters. The van der Waals surface area contributed by atoms with Crippen LogP contribution in [0.4, 0.5) is 0 Å². The first kappa shape index (κ1) is 16.7. The second-order valence-corrected chi connectivity index (χ2v) is 8.74. The van der Waals surface area contributed by atoms with Gasteiger partial charge in [0.1, 0.15) is 9.84 Å². The van der Waals surface area contributed by atoms with Crippen molar-refractivity contribution in [2.24, 2.45) is 11.8 Å². The lowest BCUT2D eigenvalue weighted by Gasteiger charge is -2.33. The quantitative estimate of drug-likeness (QED) is 0.642. The minimum absolute atomic E-state index is 0.0933. The van der Waals surface area contributed by atoms with Crippen molar-refractivity contribution in [2.75, 3.05) is 6.26 Å². The van der Waals surface area contributed by atoms with E-state index >= 15 is 0 Å². The Bertz CT molecular complexity index is 560. The molecular weight excluding hydrogens is 308 g/mol. The summed E-state index contributed by atoms with van der Waals surface area (Å²) in [5, 5.41) is 0.489. The van der Waals surface area contributed by atoms with Gasteiger partial charge in [0.15, 0.2) is 0 Å². The number of nitrogens with one attached hydrogen (secondary N) is 1. The van der Waals surface area contributed by atoms with E-state index in [-0.39, 0.29) is 11.3 Å². The van der Waals surface area contributed by atoms with Crippen molar-refractivity contribution in [3.63, 3.8) is 0 Å².